The number of halogens is 4. The smallest absolute Gasteiger partial charge is 0.241 e. The van der Waals surface area contributed by atoms with Crippen molar-refractivity contribution in [2.45, 2.75) is 6.61 Å². The van der Waals surface area contributed by atoms with Crippen LogP contribution in [0.4, 0.5) is 0 Å². The van der Waals surface area contributed by atoms with Gasteiger partial charge in [0, 0.05) is 6.08 Å². The summed E-state index contributed by atoms with van der Waals surface area (Å²) in [5, 5.41) is 1.36. The fourth-order valence-electron chi connectivity index (χ4n) is 1.78. The number of nitrogens with two attached hydrogens (primary N) is 1. The largest absolute Gasteiger partial charge is 0.486 e. The van der Waals surface area contributed by atoms with Crippen molar-refractivity contribution in [3.8, 4) is 5.75 Å². The molecule has 0 aromatic heterocycles. The summed E-state index contributed by atoms with van der Waals surface area (Å²) in [6.07, 6.45) is 2.83. The van der Waals surface area contributed by atoms with Gasteiger partial charge in [0.25, 0.3) is 0 Å². The van der Waals surface area contributed by atoms with Crippen LogP contribution in [0, 0.1) is 0 Å². The maximum atomic E-state index is 10.8. The van der Waals surface area contributed by atoms with Gasteiger partial charge < -0.3 is 10.5 Å². The fraction of sp³-hybridized carbons (Fsp3) is 0.0625. The summed E-state index contributed by atoms with van der Waals surface area (Å²) in [6.45, 7) is 0.283. The molecule has 23 heavy (non-hydrogen) atoms. The monoisotopic (exact) mass is 433 g/mol. The molecule has 2 aromatic carbocycles. The van der Waals surface area contributed by atoms with Gasteiger partial charge in [0.15, 0.2) is 5.75 Å². The Morgan fingerprint density at radius 2 is 1.87 bits per heavy atom. The average molecular weight is 436 g/mol. The number of benzene rings is 2. The van der Waals surface area contributed by atoms with Gasteiger partial charge in [-0.2, -0.15) is 0 Å². The molecule has 0 atom stereocenters. The Morgan fingerprint density at radius 1 is 1.13 bits per heavy atom. The molecule has 0 unspecified atom stereocenters. The molecule has 0 aliphatic carbocycles. The summed E-state index contributed by atoms with van der Waals surface area (Å²) >= 11 is 21.5. The maximum Gasteiger partial charge on any atom is 0.241 e. The number of carbonyl (C=O) groups excluding carboxylic acids is 1. The molecule has 1 amide bonds. The second-order valence-corrected chi connectivity index (χ2v) is 6.66. The van der Waals surface area contributed by atoms with Crippen molar-refractivity contribution in [2.24, 2.45) is 5.73 Å². The number of hydrogen-bond donors (Lipinski definition) is 1. The summed E-state index contributed by atoms with van der Waals surface area (Å²) in [5.41, 5.74) is 6.65. The fourth-order valence-corrected chi connectivity index (χ4v) is 3.09. The molecule has 0 heterocycles. The molecule has 2 N–H and O–H groups in total. The first-order valence-electron chi connectivity index (χ1n) is 6.40. The number of rotatable bonds is 5. The van der Waals surface area contributed by atoms with Crippen molar-refractivity contribution in [1.82, 2.24) is 0 Å². The lowest BCUT2D eigenvalue weighted by Crippen LogP contribution is -2.05. The topological polar surface area (TPSA) is 52.3 Å². The molecule has 3 nitrogen and oxygen atoms in total. The van der Waals surface area contributed by atoms with Crippen molar-refractivity contribution in [2.75, 3.05) is 0 Å². The third kappa shape index (κ3) is 5.15. The van der Waals surface area contributed by atoms with Crippen LogP contribution in [0.5, 0.6) is 5.75 Å². The first-order valence-corrected chi connectivity index (χ1v) is 8.33. The van der Waals surface area contributed by atoms with E-state index in [0.29, 0.717) is 25.3 Å². The summed E-state index contributed by atoms with van der Waals surface area (Å²) in [7, 11) is 0. The molecule has 0 spiro atoms. The van der Waals surface area contributed by atoms with Gasteiger partial charge in [-0.15, -0.1) is 0 Å². The van der Waals surface area contributed by atoms with Crippen molar-refractivity contribution in [3.63, 3.8) is 0 Å². The number of amides is 1. The lowest BCUT2D eigenvalue weighted by molar-refractivity contribution is -0.113. The second-order valence-electron chi connectivity index (χ2n) is 4.59. The highest BCUT2D eigenvalue weighted by molar-refractivity contribution is 9.10. The molecule has 0 bridgehead atoms. The molecule has 7 heteroatoms. The molecule has 2 rings (SSSR count). The number of ether oxygens (including phenoxy) is 1. The Labute approximate surface area is 157 Å². The third-order valence-corrected chi connectivity index (χ3v) is 4.44. The zero-order valence-corrected chi connectivity index (χ0v) is 15.5. The zero-order chi connectivity index (χ0) is 17.0. The minimum absolute atomic E-state index is 0.283. The van der Waals surface area contributed by atoms with Crippen molar-refractivity contribution in [3.05, 3.63) is 67.1 Å². The first kappa shape index (κ1) is 18.1. The number of carbonyl (C=O) groups is 1. The molecular formula is C16H11BrCl3NO2. The summed E-state index contributed by atoms with van der Waals surface area (Å²) in [4.78, 5) is 10.8. The second kappa shape index (κ2) is 8.06. The van der Waals surface area contributed by atoms with E-state index in [9.17, 15) is 4.79 Å². The normalized spacial score (nSPS) is 11.0. The van der Waals surface area contributed by atoms with Gasteiger partial charge in [-0.05, 0) is 57.4 Å². The lowest BCUT2D eigenvalue weighted by Gasteiger charge is -2.11. The van der Waals surface area contributed by atoms with Gasteiger partial charge >= 0.3 is 0 Å². The van der Waals surface area contributed by atoms with Gasteiger partial charge in [-0.3, -0.25) is 4.79 Å². The number of hydrogen-bond acceptors (Lipinski definition) is 2. The highest BCUT2D eigenvalue weighted by atomic mass is 79.9. The molecule has 0 saturated carbocycles. The van der Waals surface area contributed by atoms with Gasteiger partial charge in [0.2, 0.25) is 5.91 Å². The van der Waals surface area contributed by atoms with Crippen molar-refractivity contribution >= 4 is 62.7 Å². The molecule has 0 fully saturated rings. The predicted molar refractivity (Wildman–Crippen MR) is 98.2 cm³/mol. The van der Waals surface area contributed by atoms with Gasteiger partial charge in [0.05, 0.1) is 19.5 Å². The minimum atomic E-state index is -0.530. The van der Waals surface area contributed by atoms with E-state index in [0.717, 1.165) is 11.1 Å². The zero-order valence-electron chi connectivity index (χ0n) is 11.7. The number of primary amides is 1. The van der Waals surface area contributed by atoms with Crippen LogP contribution in [0.2, 0.25) is 15.1 Å². The molecule has 0 saturated heterocycles. The van der Waals surface area contributed by atoms with E-state index < -0.39 is 5.91 Å². The Kier molecular flexibility index (Phi) is 6.36. The van der Waals surface area contributed by atoms with E-state index in [1.165, 1.54) is 6.08 Å². The van der Waals surface area contributed by atoms with Crippen LogP contribution in [0.15, 0.2) is 40.9 Å². The van der Waals surface area contributed by atoms with Crippen LogP contribution in [0.25, 0.3) is 6.08 Å². The lowest BCUT2D eigenvalue weighted by atomic mass is 10.2. The van der Waals surface area contributed by atoms with Crippen molar-refractivity contribution < 1.29 is 9.53 Å². The van der Waals surface area contributed by atoms with E-state index in [2.05, 4.69) is 15.9 Å². The summed E-state index contributed by atoms with van der Waals surface area (Å²) in [5.74, 6) is -0.0360. The standard InChI is InChI=1S/C16H11BrCl3NO2/c17-11-5-9(2-4-15(21)22)6-14(20)16(11)23-8-10-1-3-12(18)13(19)7-10/h1-7H,8H2,(H2,21,22)/b4-2+. The first-order chi connectivity index (χ1) is 10.9. The van der Waals surface area contributed by atoms with Crippen LogP contribution in [-0.2, 0) is 11.4 Å². The Morgan fingerprint density at radius 3 is 2.48 bits per heavy atom. The Hall–Kier alpha value is -1.20. The highest BCUT2D eigenvalue weighted by Gasteiger charge is 2.09. The Balaban J connectivity index is 2.16. The van der Waals surface area contributed by atoms with E-state index in [-0.39, 0.29) is 6.61 Å². The van der Waals surface area contributed by atoms with Gasteiger partial charge in [-0.25, -0.2) is 0 Å². The van der Waals surface area contributed by atoms with E-state index in [4.69, 9.17) is 45.3 Å². The molecule has 0 aliphatic rings. The van der Waals surface area contributed by atoms with Crippen LogP contribution in [0.1, 0.15) is 11.1 Å². The minimum Gasteiger partial charge on any atom is -0.486 e. The SMILES string of the molecule is NC(=O)/C=C/c1cc(Cl)c(OCc2ccc(Cl)c(Cl)c2)c(Br)c1. The van der Waals surface area contributed by atoms with Crippen LogP contribution >= 0.6 is 50.7 Å². The summed E-state index contributed by atoms with van der Waals surface area (Å²) < 4.78 is 6.39. The third-order valence-electron chi connectivity index (χ3n) is 2.83. The van der Waals surface area contributed by atoms with Crippen LogP contribution < -0.4 is 10.5 Å². The van der Waals surface area contributed by atoms with E-state index in [1.54, 1.807) is 30.3 Å². The Bertz CT molecular complexity index is 755. The quantitative estimate of drug-likeness (QED) is 0.632. The van der Waals surface area contributed by atoms with E-state index >= 15 is 0 Å². The summed E-state index contributed by atoms with van der Waals surface area (Å²) in [6, 6.07) is 8.71. The molecule has 0 aliphatic heterocycles. The van der Waals surface area contributed by atoms with E-state index in [1.807, 2.05) is 6.07 Å². The molecule has 0 radical (unpaired) electrons. The predicted octanol–water partition coefficient (Wildman–Crippen LogP) is 5.49. The van der Waals surface area contributed by atoms with Crippen LogP contribution in [0.3, 0.4) is 0 Å². The average Bonchev–Trinajstić information content (AvgIpc) is 2.48. The van der Waals surface area contributed by atoms with Crippen molar-refractivity contribution in [1.29, 1.82) is 0 Å². The maximum absolute atomic E-state index is 10.8. The molecule has 2 aromatic rings. The van der Waals surface area contributed by atoms with Gasteiger partial charge in [-0.1, -0.05) is 40.9 Å². The van der Waals surface area contributed by atoms with Crippen LogP contribution in [-0.4, -0.2) is 5.91 Å². The van der Waals surface area contributed by atoms with Gasteiger partial charge in [0.1, 0.15) is 6.61 Å². The molecular weight excluding hydrogens is 424 g/mol. The molecule has 120 valence electrons. The highest BCUT2D eigenvalue weighted by Crippen LogP contribution is 2.35.